The van der Waals surface area contributed by atoms with Crippen LogP contribution in [0.2, 0.25) is 0 Å². The SMILES string of the molecule is CCC1CCCCN1C(=O)CN1CCN(CC)CC1. The van der Waals surface area contributed by atoms with Gasteiger partial charge in [0.05, 0.1) is 6.54 Å². The zero-order valence-corrected chi connectivity index (χ0v) is 12.6. The molecule has 0 aromatic rings. The Morgan fingerprint density at radius 2 is 1.68 bits per heavy atom. The minimum absolute atomic E-state index is 0.358. The van der Waals surface area contributed by atoms with Crippen LogP contribution in [0.4, 0.5) is 0 Å². The summed E-state index contributed by atoms with van der Waals surface area (Å²) in [6.45, 7) is 11.5. The molecule has 0 bridgehead atoms. The Morgan fingerprint density at radius 3 is 2.32 bits per heavy atom. The molecular weight excluding hydrogens is 238 g/mol. The first-order valence-electron chi connectivity index (χ1n) is 7.98. The van der Waals surface area contributed by atoms with Crippen LogP contribution in [0.25, 0.3) is 0 Å². The third-order valence-corrected chi connectivity index (χ3v) is 4.69. The lowest BCUT2D eigenvalue weighted by atomic mass is 10.00. The maximum absolute atomic E-state index is 12.5. The van der Waals surface area contributed by atoms with Gasteiger partial charge in [-0.1, -0.05) is 13.8 Å². The van der Waals surface area contributed by atoms with Crippen molar-refractivity contribution in [2.75, 3.05) is 45.8 Å². The van der Waals surface area contributed by atoms with E-state index in [9.17, 15) is 4.79 Å². The maximum Gasteiger partial charge on any atom is 0.236 e. The highest BCUT2D eigenvalue weighted by Gasteiger charge is 2.27. The van der Waals surface area contributed by atoms with Crippen molar-refractivity contribution in [2.45, 2.75) is 45.6 Å². The van der Waals surface area contributed by atoms with E-state index in [-0.39, 0.29) is 0 Å². The zero-order valence-electron chi connectivity index (χ0n) is 12.6. The standard InChI is InChI=1S/C15H29N3O/c1-3-14-7-5-6-8-18(14)15(19)13-17-11-9-16(4-2)10-12-17/h14H,3-13H2,1-2H3. The molecule has 2 fully saturated rings. The van der Waals surface area contributed by atoms with E-state index in [2.05, 4.69) is 28.5 Å². The zero-order chi connectivity index (χ0) is 13.7. The second-order valence-corrected chi connectivity index (χ2v) is 5.86. The average Bonchev–Trinajstić information content (AvgIpc) is 2.48. The topological polar surface area (TPSA) is 26.8 Å². The van der Waals surface area contributed by atoms with Gasteiger partial charge in [-0.25, -0.2) is 0 Å². The summed E-state index contributed by atoms with van der Waals surface area (Å²) in [5.74, 6) is 0.358. The molecule has 0 N–H and O–H groups in total. The van der Waals surface area contributed by atoms with E-state index in [1.54, 1.807) is 0 Å². The van der Waals surface area contributed by atoms with Gasteiger partial charge in [0.25, 0.3) is 0 Å². The molecule has 1 unspecified atom stereocenters. The lowest BCUT2D eigenvalue weighted by Gasteiger charge is -2.38. The predicted molar refractivity (Wildman–Crippen MR) is 78.2 cm³/mol. The second-order valence-electron chi connectivity index (χ2n) is 5.86. The molecule has 2 heterocycles. The lowest BCUT2D eigenvalue weighted by Crippen LogP contribution is -2.52. The predicted octanol–water partition coefficient (Wildman–Crippen LogP) is 1.42. The Labute approximate surface area is 117 Å². The third-order valence-electron chi connectivity index (χ3n) is 4.69. The molecule has 0 saturated carbocycles. The molecule has 4 heteroatoms. The number of piperidine rings is 1. The summed E-state index contributed by atoms with van der Waals surface area (Å²) in [4.78, 5) is 19.4. The van der Waals surface area contributed by atoms with Gasteiger partial charge in [-0.3, -0.25) is 9.69 Å². The Bertz CT molecular complexity index is 287. The number of likely N-dealkylation sites (tertiary alicyclic amines) is 1. The highest BCUT2D eigenvalue weighted by molar-refractivity contribution is 5.78. The fraction of sp³-hybridized carbons (Fsp3) is 0.933. The van der Waals surface area contributed by atoms with Gasteiger partial charge in [0, 0.05) is 38.8 Å². The van der Waals surface area contributed by atoms with Crippen molar-refractivity contribution in [1.82, 2.24) is 14.7 Å². The lowest BCUT2D eigenvalue weighted by molar-refractivity contribution is -0.136. The quantitative estimate of drug-likeness (QED) is 0.771. The minimum atomic E-state index is 0.358. The van der Waals surface area contributed by atoms with Crippen molar-refractivity contribution in [2.24, 2.45) is 0 Å². The number of rotatable bonds is 4. The van der Waals surface area contributed by atoms with Crippen LogP contribution >= 0.6 is 0 Å². The number of hydrogen-bond acceptors (Lipinski definition) is 3. The Morgan fingerprint density at radius 1 is 1.00 bits per heavy atom. The number of hydrogen-bond donors (Lipinski definition) is 0. The molecule has 0 aliphatic carbocycles. The van der Waals surface area contributed by atoms with E-state index in [0.717, 1.165) is 45.7 Å². The molecule has 0 spiro atoms. The number of carbonyl (C=O) groups excluding carboxylic acids is 1. The average molecular weight is 267 g/mol. The fourth-order valence-corrected chi connectivity index (χ4v) is 3.30. The molecule has 4 nitrogen and oxygen atoms in total. The van der Waals surface area contributed by atoms with Gasteiger partial charge in [0.15, 0.2) is 0 Å². The van der Waals surface area contributed by atoms with Crippen molar-refractivity contribution < 1.29 is 4.79 Å². The van der Waals surface area contributed by atoms with Crippen molar-refractivity contribution in [1.29, 1.82) is 0 Å². The Kier molecular flexibility index (Phi) is 5.64. The van der Waals surface area contributed by atoms with Crippen LogP contribution in [0.15, 0.2) is 0 Å². The molecule has 0 radical (unpaired) electrons. The first kappa shape index (κ1) is 14.8. The first-order chi connectivity index (χ1) is 9.24. The van der Waals surface area contributed by atoms with Gasteiger partial charge in [-0.15, -0.1) is 0 Å². The third kappa shape index (κ3) is 3.93. The van der Waals surface area contributed by atoms with Crippen molar-refractivity contribution in [3.8, 4) is 0 Å². The monoisotopic (exact) mass is 267 g/mol. The number of likely N-dealkylation sites (N-methyl/N-ethyl adjacent to an activating group) is 1. The van der Waals surface area contributed by atoms with E-state index in [1.807, 2.05) is 0 Å². The summed E-state index contributed by atoms with van der Waals surface area (Å²) < 4.78 is 0. The Hall–Kier alpha value is -0.610. The highest BCUT2D eigenvalue weighted by atomic mass is 16.2. The molecular formula is C15H29N3O. The van der Waals surface area contributed by atoms with Gasteiger partial charge < -0.3 is 9.80 Å². The summed E-state index contributed by atoms with van der Waals surface area (Å²) in [5.41, 5.74) is 0. The first-order valence-corrected chi connectivity index (χ1v) is 7.98. The van der Waals surface area contributed by atoms with Gasteiger partial charge in [0.1, 0.15) is 0 Å². The van der Waals surface area contributed by atoms with Crippen LogP contribution in [-0.2, 0) is 4.79 Å². The van der Waals surface area contributed by atoms with Crippen molar-refractivity contribution in [3.05, 3.63) is 0 Å². The van der Waals surface area contributed by atoms with E-state index in [0.29, 0.717) is 18.5 Å². The summed E-state index contributed by atoms with van der Waals surface area (Å²) in [7, 11) is 0. The Balaban J connectivity index is 1.80. The molecule has 0 aromatic heterocycles. The normalized spacial score (nSPS) is 26.6. The van der Waals surface area contributed by atoms with Crippen molar-refractivity contribution >= 4 is 5.91 Å². The molecule has 2 rings (SSSR count). The maximum atomic E-state index is 12.5. The largest absolute Gasteiger partial charge is 0.339 e. The summed E-state index contributed by atoms with van der Waals surface area (Å²) in [5, 5.41) is 0. The van der Waals surface area contributed by atoms with Crippen LogP contribution in [0.1, 0.15) is 39.5 Å². The summed E-state index contributed by atoms with van der Waals surface area (Å²) in [6, 6.07) is 0.498. The number of amides is 1. The van der Waals surface area contributed by atoms with Gasteiger partial charge >= 0.3 is 0 Å². The number of nitrogens with zero attached hydrogens (tertiary/aromatic N) is 3. The molecule has 19 heavy (non-hydrogen) atoms. The van der Waals surface area contributed by atoms with E-state index < -0.39 is 0 Å². The van der Waals surface area contributed by atoms with E-state index >= 15 is 0 Å². The fourth-order valence-electron chi connectivity index (χ4n) is 3.30. The second kappa shape index (κ2) is 7.25. The van der Waals surface area contributed by atoms with Gasteiger partial charge in [-0.05, 0) is 32.2 Å². The van der Waals surface area contributed by atoms with E-state index in [1.165, 1.54) is 19.3 Å². The van der Waals surface area contributed by atoms with E-state index in [4.69, 9.17) is 0 Å². The molecule has 1 amide bonds. The minimum Gasteiger partial charge on any atom is -0.339 e. The summed E-state index contributed by atoms with van der Waals surface area (Å²) in [6.07, 6.45) is 4.78. The number of piperazine rings is 1. The van der Waals surface area contributed by atoms with Crippen LogP contribution < -0.4 is 0 Å². The van der Waals surface area contributed by atoms with Gasteiger partial charge in [-0.2, -0.15) is 0 Å². The van der Waals surface area contributed by atoms with Crippen LogP contribution in [-0.4, -0.2) is 72.5 Å². The molecule has 2 aliphatic rings. The number of carbonyl (C=O) groups is 1. The molecule has 2 aliphatic heterocycles. The summed E-state index contributed by atoms with van der Waals surface area (Å²) >= 11 is 0. The molecule has 0 aromatic carbocycles. The van der Waals surface area contributed by atoms with Gasteiger partial charge in [0.2, 0.25) is 5.91 Å². The van der Waals surface area contributed by atoms with Crippen LogP contribution in [0.5, 0.6) is 0 Å². The molecule has 2 saturated heterocycles. The van der Waals surface area contributed by atoms with Crippen LogP contribution in [0.3, 0.4) is 0 Å². The smallest absolute Gasteiger partial charge is 0.236 e. The van der Waals surface area contributed by atoms with Crippen LogP contribution in [0, 0.1) is 0 Å². The highest BCUT2D eigenvalue weighted by Crippen LogP contribution is 2.19. The molecule has 110 valence electrons. The van der Waals surface area contributed by atoms with Crippen molar-refractivity contribution in [3.63, 3.8) is 0 Å². The molecule has 1 atom stereocenters.